The molecule has 1 aliphatic rings. The van der Waals surface area contributed by atoms with Crippen LogP contribution in [0.1, 0.15) is 11.1 Å². The lowest BCUT2D eigenvalue weighted by molar-refractivity contribution is 0.383. The molecule has 3 heterocycles. The van der Waals surface area contributed by atoms with Crippen LogP contribution in [0.25, 0.3) is 0 Å². The minimum absolute atomic E-state index is 0.0472. The first-order valence-electron chi connectivity index (χ1n) is 9.75. The van der Waals surface area contributed by atoms with Gasteiger partial charge in [-0.3, -0.25) is 0 Å². The molecule has 1 saturated heterocycles. The van der Waals surface area contributed by atoms with Crippen molar-refractivity contribution in [3.05, 3.63) is 65.9 Å². The van der Waals surface area contributed by atoms with Gasteiger partial charge in [0.15, 0.2) is 11.6 Å². The van der Waals surface area contributed by atoms with E-state index < -0.39 is 10.0 Å². The maximum absolute atomic E-state index is 13.0. The lowest BCUT2D eigenvalue weighted by Crippen LogP contribution is -2.49. The lowest BCUT2D eigenvalue weighted by atomic mass is 10.2. The number of nitriles is 1. The second kappa shape index (κ2) is 8.67. The molecule has 9 nitrogen and oxygen atoms in total. The van der Waals surface area contributed by atoms with Gasteiger partial charge in [-0.05, 0) is 48.9 Å². The summed E-state index contributed by atoms with van der Waals surface area (Å²) in [5.41, 5.74) is 1.24. The number of hydrogen-bond acceptors (Lipinski definition) is 8. The maximum Gasteiger partial charge on any atom is 0.244 e. The van der Waals surface area contributed by atoms with Gasteiger partial charge >= 0.3 is 0 Å². The monoisotopic (exact) mass is 435 g/mol. The van der Waals surface area contributed by atoms with Crippen LogP contribution < -0.4 is 10.2 Å². The van der Waals surface area contributed by atoms with Crippen molar-refractivity contribution in [3.63, 3.8) is 0 Å². The largest absolute Gasteiger partial charge is 0.352 e. The molecule has 0 amide bonds. The van der Waals surface area contributed by atoms with Gasteiger partial charge in [0.1, 0.15) is 11.9 Å². The van der Waals surface area contributed by atoms with E-state index in [9.17, 15) is 13.7 Å². The SMILES string of the molecule is Cc1ccnc(Nc2ccc(N3CCN(S(=O)(=O)c4ccccc4C#N)CC3)nn2)c1. The van der Waals surface area contributed by atoms with Crippen molar-refractivity contribution in [1.82, 2.24) is 19.5 Å². The Labute approximate surface area is 181 Å². The highest BCUT2D eigenvalue weighted by Gasteiger charge is 2.30. The summed E-state index contributed by atoms with van der Waals surface area (Å²) in [6.45, 7) is 3.55. The topological polar surface area (TPSA) is 115 Å². The van der Waals surface area contributed by atoms with E-state index in [1.54, 1.807) is 18.3 Å². The molecular weight excluding hydrogens is 414 g/mol. The van der Waals surface area contributed by atoms with Crippen LogP contribution in [-0.2, 0) is 10.0 Å². The molecule has 0 bridgehead atoms. The number of anilines is 3. The minimum atomic E-state index is -3.72. The molecule has 1 fully saturated rings. The molecule has 0 unspecified atom stereocenters. The van der Waals surface area contributed by atoms with Crippen LogP contribution in [0.5, 0.6) is 0 Å². The summed E-state index contributed by atoms with van der Waals surface area (Å²) in [5.74, 6) is 1.95. The van der Waals surface area contributed by atoms with E-state index in [0.717, 1.165) is 5.56 Å². The molecule has 0 spiro atoms. The Balaban J connectivity index is 1.41. The molecule has 1 N–H and O–H groups in total. The van der Waals surface area contributed by atoms with Crippen LogP contribution in [0.15, 0.2) is 59.6 Å². The molecule has 4 rings (SSSR count). The fraction of sp³-hybridized carbons (Fsp3) is 0.238. The van der Waals surface area contributed by atoms with Crippen LogP contribution in [0.3, 0.4) is 0 Å². The summed E-state index contributed by atoms with van der Waals surface area (Å²) in [5, 5.41) is 20.8. The Morgan fingerprint density at radius 1 is 1.00 bits per heavy atom. The van der Waals surface area contributed by atoms with E-state index in [-0.39, 0.29) is 10.5 Å². The standard InChI is InChI=1S/C21H21N7O2S/c1-16-8-9-23-20(14-16)24-19-6-7-21(26-25-19)27-10-12-28(13-11-27)31(29,30)18-5-3-2-4-17(18)15-22/h2-9,14H,10-13H2,1H3,(H,23,24,25). The van der Waals surface area contributed by atoms with E-state index in [2.05, 4.69) is 20.5 Å². The van der Waals surface area contributed by atoms with Crippen LogP contribution in [0, 0.1) is 18.3 Å². The predicted octanol–water partition coefficient (Wildman–Crippen LogP) is 2.31. The number of rotatable bonds is 5. The second-order valence-electron chi connectivity index (χ2n) is 7.12. The summed E-state index contributed by atoms with van der Waals surface area (Å²) < 4.78 is 27.3. The number of hydrogen-bond donors (Lipinski definition) is 1. The van der Waals surface area contributed by atoms with Crippen molar-refractivity contribution in [2.24, 2.45) is 0 Å². The average molecular weight is 436 g/mol. The number of benzene rings is 1. The smallest absolute Gasteiger partial charge is 0.244 e. The summed E-state index contributed by atoms with van der Waals surface area (Å²) in [4.78, 5) is 6.28. The van der Waals surface area contributed by atoms with Gasteiger partial charge in [0.2, 0.25) is 10.0 Å². The molecule has 0 atom stereocenters. The Bertz CT molecular complexity index is 1210. The summed E-state index contributed by atoms with van der Waals surface area (Å²) in [6, 6.07) is 15.7. The highest BCUT2D eigenvalue weighted by atomic mass is 32.2. The van der Waals surface area contributed by atoms with Gasteiger partial charge in [0, 0.05) is 32.4 Å². The van der Waals surface area contributed by atoms with E-state index in [0.29, 0.717) is 43.6 Å². The summed E-state index contributed by atoms with van der Waals surface area (Å²) in [6.07, 6.45) is 1.72. The maximum atomic E-state index is 13.0. The van der Waals surface area contributed by atoms with E-state index in [4.69, 9.17) is 0 Å². The van der Waals surface area contributed by atoms with Crippen molar-refractivity contribution < 1.29 is 8.42 Å². The van der Waals surface area contributed by atoms with Gasteiger partial charge < -0.3 is 10.2 Å². The third kappa shape index (κ3) is 4.47. The summed E-state index contributed by atoms with van der Waals surface area (Å²) >= 11 is 0. The van der Waals surface area contributed by atoms with Gasteiger partial charge in [-0.1, -0.05) is 12.1 Å². The highest BCUT2D eigenvalue weighted by molar-refractivity contribution is 7.89. The first-order valence-corrected chi connectivity index (χ1v) is 11.2. The molecule has 10 heteroatoms. The third-order valence-corrected chi connectivity index (χ3v) is 6.97. The van der Waals surface area contributed by atoms with Gasteiger partial charge in [0.05, 0.1) is 10.5 Å². The van der Waals surface area contributed by atoms with Crippen molar-refractivity contribution in [1.29, 1.82) is 5.26 Å². The molecule has 0 saturated carbocycles. The Morgan fingerprint density at radius 2 is 1.77 bits per heavy atom. The number of sulfonamides is 1. The lowest BCUT2D eigenvalue weighted by Gasteiger charge is -2.34. The van der Waals surface area contributed by atoms with E-state index in [1.165, 1.54) is 16.4 Å². The van der Waals surface area contributed by atoms with Crippen LogP contribution in [0.2, 0.25) is 0 Å². The van der Waals surface area contributed by atoms with E-state index in [1.807, 2.05) is 42.2 Å². The number of nitrogens with one attached hydrogen (secondary N) is 1. The second-order valence-corrected chi connectivity index (χ2v) is 9.03. The zero-order valence-electron chi connectivity index (χ0n) is 16.9. The Hall–Kier alpha value is -3.55. The van der Waals surface area contributed by atoms with Crippen LogP contribution in [0.4, 0.5) is 17.5 Å². The molecule has 2 aromatic heterocycles. The normalized spacial score (nSPS) is 14.8. The molecule has 3 aromatic rings. The Kier molecular flexibility index (Phi) is 5.79. The molecule has 1 aliphatic heterocycles. The fourth-order valence-electron chi connectivity index (χ4n) is 3.38. The van der Waals surface area contributed by atoms with Crippen LogP contribution in [-0.4, -0.2) is 54.1 Å². The van der Waals surface area contributed by atoms with Gasteiger partial charge in [-0.2, -0.15) is 9.57 Å². The number of pyridine rings is 1. The zero-order chi connectivity index (χ0) is 21.8. The van der Waals surface area contributed by atoms with Gasteiger partial charge in [-0.15, -0.1) is 10.2 Å². The average Bonchev–Trinajstić information content (AvgIpc) is 2.80. The zero-order valence-corrected chi connectivity index (χ0v) is 17.7. The van der Waals surface area contributed by atoms with Gasteiger partial charge in [-0.25, -0.2) is 13.4 Å². The third-order valence-electron chi connectivity index (χ3n) is 5.01. The molecular formula is C21H21N7O2S. The highest BCUT2D eigenvalue weighted by Crippen LogP contribution is 2.23. The molecule has 0 aliphatic carbocycles. The van der Waals surface area contributed by atoms with Crippen molar-refractivity contribution in [2.75, 3.05) is 36.4 Å². The van der Waals surface area contributed by atoms with Gasteiger partial charge in [0.25, 0.3) is 0 Å². The number of aryl methyl sites for hydroxylation is 1. The summed E-state index contributed by atoms with van der Waals surface area (Å²) in [7, 11) is -3.72. The molecule has 1 aromatic carbocycles. The predicted molar refractivity (Wildman–Crippen MR) is 116 cm³/mol. The van der Waals surface area contributed by atoms with E-state index >= 15 is 0 Å². The quantitative estimate of drug-likeness (QED) is 0.649. The van der Waals surface area contributed by atoms with Crippen molar-refractivity contribution >= 4 is 27.5 Å². The minimum Gasteiger partial charge on any atom is -0.352 e. The van der Waals surface area contributed by atoms with Crippen LogP contribution >= 0.6 is 0 Å². The number of nitrogens with zero attached hydrogens (tertiary/aromatic N) is 6. The Morgan fingerprint density at radius 3 is 2.45 bits per heavy atom. The fourth-order valence-corrected chi connectivity index (χ4v) is 4.94. The molecule has 158 valence electrons. The number of piperazine rings is 1. The molecule has 0 radical (unpaired) electrons. The first kappa shape index (κ1) is 20.7. The number of aromatic nitrogens is 3. The molecule has 31 heavy (non-hydrogen) atoms. The van der Waals surface area contributed by atoms with Crippen molar-refractivity contribution in [3.8, 4) is 6.07 Å². The van der Waals surface area contributed by atoms with Crippen molar-refractivity contribution in [2.45, 2.75) is 11.8 Å². The first-order chi connectivity index (χ1) is 15.0.